The number of hydrogen-bond donors (Lipinski definition) is 0. The molecule has 0 atom stereocenters. The molecule has 0 bridgehead atoms. The lowest BCUT2D eigenvalue weighted by Gasteiger charge is -2.08. The average Bonchev–Trinajstić information content (AvgIpc) is 2.15. The van der Waals surface area contributed by atoms with Crippen molar-refractivity contribution in [1.82, 2.24) is 0 Å². The Hall–Kier alpha value is -0.470. The fourth-order valence-electron chi connectivity index (χ4n) is 0.956. The van der Waals surface area contributed by atoms with Crippen LogP contribution < -0.4 is 0 Å². The van der Waals surface area contributed by atoms with Gasteiger partial charge in [0.05, 0.1) is 10.9 Å². The molecule has 0 N–H and O–H groups in total. The second kappa shape index (κ2) is 5.04. The van der Waals surface area contributed by atoms with Crippen LogP contribution in [0.4, 0.5) is 13.2 Å². The number of benzene rings is 1. The van der Waals surface area contributed by atoms with E-state index >= 15 is 0 Å². The van der Waals surface area contributed by atoms with Gasteiger partial charge < -0.3 is 0 Å². The van der Waals surface area contributed by atoms with Gasteiger partial charge in [-0.25, -0.2) is 0 Å². The van der Waals surface area contributed by atoms with Crippen molar-refractivity contribution in [2.24, 2.45) is 0 Å². The summed E-state index contributed by atoms with van der Waals surface area (Å²) in [4.78, 5) is 0. The van der Waals surface area contributed by atoms with Gasteiger partial charge in [-0.05, 0) is 18.2 Å². The maximum atomic E-state index is 12.5. The van der Waals surface area contributed by atoms with Crippen molar-refractivity contribution in [2.45, 2.75) is 6.18 Å². The molecule has 1 rings (SSSR count). The van der Waals surface area contributed by atoms with Crippen molar-refractivity contribution in [3.05, 3.63) is 33.8 Å². The monoisotopic (exact) mass is 340 g/mol. The van der Waals surface area contributed by atoms with Crippen molar-refractivity contribution in [1.29, 1.82) is 0 Å². The van der Waals surface area contributed by atoms with Crippen LogP contribution in [-0.2, 0) is 6.18 Å². The average molecular weight is 342 g/mol. The molecule has 15 heavy (non-hydrogen) atoms. The van der Waals surface area contributed by atoms with E-state index in [-0.39, 0.29) is 4.47 Å². The summed E-state index contributed by atoms with van der Waals surface area (Å²) in [5.41, 5.74) is -0.353. The van der Waals surface area contributed by atoms with Gasteiger partial charge in [0.2, 0.25) is 0 Å². The molecule has 0 nitrogen and oxygen atoms in total. The summed E-state index contributed by atoms with van der Waals surface area (Å²) in [6, 6.07) is 3.91. The molecule has 5 heteroatoms. The minimum absolute atomic E-state index is 0.0272. The van der Waals surface area contributed by atoms with Crippen LogP contribution >= 0.6 is 31.9 Å². The number of rotatable bonds is 0. The van der Waals surface area contributed by atoms with Gasteiger partial charge in [0.25, 0.3) is 0 Å². The number of halogens is 5. The van der Waals surface area contributed by atoms with Crippen LogP contribution in [0.3, 0.4) is 0 Å². The molecule has 0 saturated carbocycles. The number of hydrogen-bond acceptors (Lipinski definition) is 0. The Labute approximate surface area is 102 Å². The first kappa shape index (κ1) is 12.6. The molecular weight excluding hydrogens is 337 g/mol. The van der Waals surface area contributed by atoms with Gasteiger partial charge in [0, 0.05) is 10.0 Å². The molecule has 0 aliphatic carbocycles. The van der Waals surface area contributed by atoms with E-state index in [2.05, 4.69) is 43.7 Å². The third-order valence-corrected chi connectivity index (χ3v) is 2.54. The van der Waals surface area contributed by atoms with E-state index in [1.54, 1.807) is 0 Å². The van der Waals surface area contributed by atoms with Gasteiger partial charge in [-0.2, -0.15) is 13.2 Å². The Balaban J connectivity index is 3.17. The van der Waals surface area contributed by atoms with Gasteiger partial charge in [-0.15, -0.1) is 0 Å². The first-order valence-corrected chi connectivity index (χ1v) is 5.78. The van der Waals surface area contributed by atoms with Gasteiger partial charge in [0.1, 0.15) is 0 Å². The highest BCUT2D eigenvalue weighted by Gasteiger charge is 2.32. The fraction of sp³-hybridized carbons (Fsp3) is 0.200. The van der Waals surface area contributed by atoms with Crippen molar-refractivity contribution in [3.63, 3.8) is 0 Å². The van der Waals surface area contributed by atoms with Crippen LogP contribution in [0.1, 0.15) is 11.1 Å². The van der Waals surface area contributed by atoms with Crippen LogP contribution in [0.5, 0.6) is 0 Å². The van der Waals surface area contributed by atoms with Crippen LogP contribution in [0.2, 0.25) is 0 Å². The molecule has 0 radical (unpaired) electrons. The molecule has 0 spiro atoms. The lowest BCUT2D eigenvalue weighted by Crippen LogP contribution is -2.06. The van der Waals surface area contributed by atoms with E-state index in [0.717, 1.165) is 6.07 Å². The van der Waals surface area contributed by atoms with E-state index in [0.29, 0.717) is 10.9 Å². The molecule has 0 fully saturated rings. The summed E-state index contributed by atoms with van der Waals surface area (Å²) in [5.74, 6) is 5.26. The van der Waals surface area contributed by atoms with Crippen LogP contribution in [0.15, 0.2) is 22.7 Å². The zero-order chi connectivity index (χ0) is 11.5. The molecule has 0 saturated heterocycles. The third-order valence-electron chi connectivity index (χ3n) is 1.57. The zero-order valence-corrected chi connectivity index (χ0v) is 10.5. The molecular formula is C10H5Br2F3. The topological polar surface area (TPSA) is 0 Å². The SMILES string of the molecule is FC(F)(F)c1cc(C#CCBr)ccc1Br. The largest absolute Gasteiger partial charge is 0.417 e. The minimum atomic E-state index is -4.36. The van der Waals surface area contributed by atoms with Crippen LogP contribution in [0, 0.1) is 11.8 Å². The van der Waals surface area contributed by atoms with Crippen molar-refractivity contribution in [3.8, 4) is 11.8 Å². The molecule has 0 aromatic heterocycles. The van der Waals surface area contributed by atoms with Gasteiger partial charge in [0.15, 0.2) is 0 Å². The molecule has 0 unspecified atom stereocenters. The smallest absolute Gasteiger partial charge is 0.166 e. The summed E-state index contributed by atoms with van der Waals surface area (Å²) in [7, 11) is 0. The Morgan fingerprint density at radius 3 is 2.47 bits per heavy atom. The van der Waals surface area contributed by atoms with Crippen LogP contribution in [-0.4, -0.2) is 5.33 Å². The van der Waals surface area contributed by atoms with Gasteiger partial charge in [-0.3, -0.25) is 0 Å². The molecule has 0 aliphatic heterocycles. The highest BCUT2D eigenvalue weighted by molar-refractivity contribution is 9.10. The lowest BCUT2D eigenvalue weighted by molar-refractivity contribution is -0.138. The second-order valence-corrected chi connectivity index (χ2v) is 4.04. The summed E-state index contributed by atoms with van der Waals surface area (Å²) in [6.07, 6.45) is -4.36. The third kappa shape index (κ3) is 3.54. The molecule has 0 heterocycles. The molecule has 1 aromatic carbocycles. The molecule has 1 aromatic rings. The van der Waals surface area contributed by atoms with Gasteiger partial charge >= 0.3 is 6.18 Å². The fourth-order valence-corrected chi connectivity index (χ4v) is 1.57. The van der Waals surface area contributed by atoms with E-state index in [4.69, 9.17) is 0 Å². The standard InChI is InChI=1S/C10H5Br2F3/c11-5-1-2-7-3-4-9(12)8(6-7)10(13,14)15/h3-4,6H,5H2. The summed E-state index contributed by atoms with van der Waals surface area (Å²) >= 11 is 5.93. The normalized spacial score (nSPS) is 10.7. The predicted octanol–water partition coefficient (Wildman–Crippen LogP) is 4.21. The maximum absolute atomic E-state index is 12.5. The summed E-state index contributed by atoms with van der Waals surface area (Å²) < 4.78 is 37.4. The Bertz CT molecular complexity index is 413. The van der Waals surface area contributed by atoms with Gasteiger partial charge in [-0.1, -0.05) is 43.7 Å². The van der Waals surface area contributed by atoms with E-state index < -0.39 is 11.7 Å². The van der Waals surface area contributed by atoms with Crippen molar-refractivity contribution in [2.75, 3.05) is 5.33 Å². The highest BCUT2D eigenvalue weighted by Crippen LogP contribution is 2.35. The van der Waals surface area contributed by atoms with E-state index in [1.807, 2.05) is 0 Å². The highest BCUT2D eigenvalue weighted by atomic mass is 79.9. The first-order chi connectivity index (χ1) is 6.95. The molecule has 0 aliphatic rings. The van der Waals surface area contributed by atoms with Crippen LogP contribution in [0.25, 0.3) is 0 Å². The quantitative estimate of drug-likeness (QED) is 0.489. The summed E-state index contributed by atoms with van der Waals surface area (Å²) in [6.45, 7) is 0. The Morgan fingerprint density at radius 1 is 1.27 bits per heavy atom. The lowest BCUT2D eigenvalue weighted by atomic mass is 10.1. The maximum Gasteiger partial charge on any atom is 0.417 e. The predicted molar refractivity (Wildman–Crippen MR) is 59.8 cm³/mol. The number of alkyl halides is 4. The molecule has 80 valence electrons. The van der Waals surface area contributed by atoms with Crippen molar-refractivity contribution >= 4 is 31.9 Å². The Morgan fingerprint density at radius 2 is 1.93 bits per heavy atom. The molecule has 0 amide bonds. The summed E-state index contributed by atoms with van der Waals surface area (Å²) in [5, 5.41) is 0.435. The van der Waals surface area contributed by atoms with E-state index in [9.17, 15) is 13.2 Å². The first-order valence-electron chi connectivity index (χ1n) is 3.86. The minimum Gasteiger partial charge on any atom is -0.166 e. The van der Waals surface area contributed by atoms with Crippen molar-refractivity contribution < 1.29 is 13.2 Å². The second-order valence-electron chi connectivity index (χ2n) is 2.63. The van der Waals surface area contributed by atoms with E-state index in [1.165, 1.54) is 12.1 Å². The zero-order valence-electron chi connectivity index (χ0n) is 7.33. The Kier molecular flexibility index (Phi) is 4.23.